The molecule has 0 aliphatic carbocycles. The minimum atomic E-state index is -0.356. The molecule has 0 fully saturated rings. The Balaban J connectivity index is 2.49. The predicted octanol–water partition coefficient (Wildman–Crippen LogP) is 4.25. The van der Waals surface area contributed by atoms with E-state index in [0.717, 1.165) is 28.0 Å². The number of allylic oxidation sites excluding steroid dienone is 1. The molecule has 22 heavy (non-hydrogen) atoms. The number of aryl methyl sites for hydroxylation is 1. The van der Waals surface area contributed by atoms with Crippen LogP contribution >= 0.6 is 0 Å². The number of hydrogen-bond acceptors (Lipinski definition) is 3. The molecule has 3 heteroatoms. The topological polar surface area (TPSA) is 35.5 Å². The van der Waals surface area contributed by atoms with Crippen LogP contribution in [0.25, 0.3) is 16.7 Å². The molecule has 0 saturated carbocycles. The number of hydrogen-bond donors (Lipinski definition) is 0. The molecule has 0 aliphatic rings. The molecule has 0 bridgehead atoms. The fourth-order valence-corrected chi connectivity index (χ4v) is 2.23. The lowest BCUT2D eigenvalue weighted by molar-refractivity contribution is -0.134. The summed E-state index contributed by atoms with van der Waals surface area (Å²) in [4.78, 5) is 11.4. The van der Waals surface area contributed by atoms with Crippen molar-refractivity contribution < 1.29 is 14.3 Å². The van der Waals surface area contributed by atoms with Crippen LogP contribution in [0.1, 0.15) is 18.1 Å². The van der Waals surface area contributed by atoms with Crippen molar-refractivity contribution >= 4 is 11.5 Å². The highest BCUT2D eigenvalue weighted by Gasteiger charge is 2.09. The van der Waals surface area contributed by atoms with E-state index in [1.807, 2.05) is 25.1 Å². The molecule has 0 unspecified atom stereocenters. The fraction of sp³-hybridized carbons (Fsp3) is 0.211. The monoisotopic (exact) mass is 296 g/mol. The first kappa shape index (κ1) is 15.8. The van der Waals surface area contributed by atoms with Crippen molar-refractivity contribution in [2.75, 3.05) is 14.2 Å². The lowest BCUT2D eigenvalue weighted by Gasteiger charge is -2.12. The summed E-state index contributed by atoms with van der Waals surface area (Å²) in [6.07, 6.45) is 1.49. The zero-order chi connectivity index (χ0) is 16.1. The van der Waals surface area contributed by atoms with Crippen LogP contribution in [0.4, 0.5) is 0 Å². The van der Waals surface area contributed by atoms with Crippen molar-refractivity contribution in [2.24, 2.45) is 0 Å². The molecule has 0 spiro atoms. The maximum absolute atomic E-state index is 11.4. The Morgan fingerprint density at radius 1 is 1.05 bits per heavy atom. The van der Waals surface area contributed by atoms with Gasteiger partial charge in [0.1, 0.15) is 5.75 Å². The predicted molar refractivity (Wildman–Crippen MR) is 88.8 cm³/mol. The van der Waals surface area contributed by atoms with Gasteiger partial charge in [-0.2, -0.15) is 0 Å². The van der Waals surface area contributed by atoms with Gasteiger partial charge in [0.25, 0.3) is 0 Å². The highest BCUT2D eigenvalue weighted by Crippen LogP contribution is 2.32. The highest BCUT2D eigenvalue weighted by molar-refractivity contribution is 5.91. The van der Waals surface area contributed by atoms with E-state index in [4.69, 9.17) is 4.74 Å². The second kappa shape index (κ2) is 6.94. The average Bonchev–Trinajstić information content (AvgIpc) is 2.54. The second-order valence-electron chi connectivity index (χ2n) is 5.13. The number of esters is 1. The number of methoxy groups -OCH3 is 2. The third-order valence-corrected chi connectivity index (χ3v) is 3.55. The van der Waals surface area contributed by atoms with Gasteiger partial charge in [0, 0.05) is 11.6 Å². The van der Waals surface area contributed by atoms with E-state index >= 15 is 0 Å². The Kier molecular flexibility index (Phi) is 4.99. The molecule has 0 amide bonds. The van der Waals surface area contributed by atoms with Gasteiger partial charge < -0.3 is 9.47 Å². The molecule has 0 atom stereocenters. The summed E-state index contributed by atoms with van der Waals surface area (Å²) in [5.41, 5.74) is 5.10. The molecule has 3 nitrogen and oxygen atoms in total. The summed E-state index contributed by atoms with van der Waals surface area (Å²) < 4.78 is 10.1. The van der Waals surface area contributed by atoms with Crippen molar-refractivity contribution in [3.8, 4) is 16.9 Å². The maximum atomic E-state index is 11.4. The summed E-state index contributed by atoms with van der Waals surface area (Å²) in [6.45, 7) is 3.94. The lowest BCUT2D eigenvalue weighted by atomic mass is 9.98. The van der Waals surface area contributed by atoms with Crippen LogP contribution in [0.3, 0.4) is 0 Å². The molecule has 2 rings (SSSR count). The van der Waals surface area contributed by atoms with Crippen LogP contribution in [-0.2, 0) is 9.53 Å². The van der Waals surface area contributed by atoms with Gasteiger partial charge >= 0.3 is 5.97 Å². The molecule has 0 aliphatic heterocycles. The average molecular weight is 296 g/mol. The first-order valence-electron chi connectivity index (χ1n) is 7.07. The van der Waals surface area contributed by atoms with E-state index in [-0.39, 0.29) is 5.97 Å². The molecule has 2 aromatic rings. The Hall–Kier alpha value is -2.55. The molecular formula is C19H20O3. The summed E-state index contributed by atoms with van der Waals surface area (Å²) in [6, 6.07) is 14.1. The van der Waals surface area contributed by atoms with E-state index in [1.54, 1.807) is 7.11 Å². The van der Waals surface area contributed by atoms with E-state index in [9.17, 15) is 4.79 Å². The maximum Gasteiger partial charge on any atom is 0.330 e. The summed E-state index contributed by atoms with van der Waals surface area (Å²) in [5.74, 6) is 0.448. The summed E-state index contributed by atoms with van der Waals surface area (Å²) >= 11 is 0. The number of benzene rings is 2. The number of ether oxygens (including phenoxy) is 2. The van der Waals surface area contributed by atoms with Gasteiger partial charge in [-0.15, -0.1) is 0 Å². The van der Waals surface area contributed by atoms with Gasteiger partial charge in [0.2, 0.25) is 0 Å². The minimum absolute atomic E-state index is 0.356. The SMILES string of the molecule is COC(=O)/C=C(\C)c1ccc(OC)c(-c2ccc(C)cc2)c1. The molecule has 0 radical (unpaired) electrons. The molecule has 2 aromatic carbocycles. The molecule has 0 N–H and O–H groups in total. The van der Waals surface area contributed by atoms with Crippen LogP contribution in [0.2, 0.25) is 0 Å². The normalized spacial score (nSPS) is 11.2. The van der Waals surface area contributed by atoms with Gasteiger partial charge in [0.15, 0.2) is 0 Å². The second-order valence-corrected chi connectivity index (χ2v) is 5.13. The zero-order valence-corrected chi connectivity index (χ0v) is 13.3. The van der Waals surface area contributed by atoms with Crippen molar-refractivity contribution in [1.82, 2.24) is 0 Å². The largest absolute Gasteiger partial charge is 0.496 e. The molecular weight excluding hydrogens is 276 g/mol. The van der Waals surface area contributed by atoms with E-state index in [1.165, 1.54) is 18.7 Å². The first-order valence-corrected chi connectivity index (χ1v) is 7.07. The lowest BCUT2D eigenvalue weighted by Crippen LogP contribution is -1.96. The first-order chi connectivity index (χ1) is 10.5. The van der Waals surface area contributed by atoms with Crippen molar-refractivity contribution in [2.45, 2.75) is 13.8 Å². The van der Waals surface area contributed by atoms with Gasteiger partial charge in [-0.25, -0.2) is 4.79 Å². The van der Waals surface area contributed by atoms with Crippen LogP contribution in [0.5, 0.6) is 5.75 Å². The van der Waals surface area contributed by atoms with Crippen LogP contribution < -0.4 is 4.74 Å². The molecule has 0 heterocycles. The van der Waals surface area contributed by atoms with Crippen molar-refractivity contribution in [3.05, 3.63) is 59.7 Å². The molecule has 0 saturated heterocycles. The Morgan fingerprint density at radius 3 is 2.32 bits per heavy atom. The Morgan fingerprint density at radius 2 is 1.73 bits per heavy atom. The van der Waals surface area contributed by atoms with Crippen LogP contribution in [-0.4, -0.2) is 20.2 Å². The van der Waals surface area contributed by atoms with E-state index in [2.05, 4.69) is 35.9 Å². The van der Waals surface area contributed by atoms with Gasteiger partial charge in [0.05, 0.1) is 14.2 Å². The number of carbonyl (C=O) groups excluding carboxylic acids is 1. The zero-order valence-electron chi connectivity index (χ0n) is 13.3. The van der Waals surface area contributed by atoms with Crippen LogP contribution in [0, 0.1) is 6.92 Å². The van der Waals surface area contributed by atoms with Gasteiger partial charge in [-0.05, 0) is 42.7 Å². The van der Waals surface area contributed by atoms with E-state index in [0.29, 0.717) is 0 Å². The molecule has 114 valence electrons. The summed E-state index contributed by atoms with van der Waals surface area (Å²) in [5, 5.41) is 0. The third-order valence-electron chi connectivity index (χ3n) is 3.55. The number of rotatable bonds is 4. The number of carbonyl (C=O) groups is 1. The van der Waals surface area contributed by atoms with Crippen LogP contribution in [0.15, 0.2) is 48.5 Å². The highest BCUT2D eigenvalue weighted by atomic mass is 16.5. The van der Waals surface area contributed by atoms with Gasteiger partial charge in [-0.3, -0.25) is 0 Å². The minimum Gasteiger partial charge on any atom is -0.496 e. The quantitative estimate of drug-likeness (QED) is 0.625. The Bertz CT molecular complexity index is 697. The van der Waals surface area contributed by atoms with Crippen molar-refractivity contribution in [1.29, 1.82) is 0 Å². The van der Waals surface area contributed by atoms with E-state index < -0.39 is 0 Å². The fourth-order valence-electron chi connectivity index (χ4n) is 2.23. The summed E-state index contributed by atoms with van der Waals surface area (Å²) in [7, 11) is 3.03. The standard InChI is InChI=1S/C19H20O3/c1-13-5-7-15(8-6-13)17-12-16(9-10-18(17)21-3)14(2)11-19(20)22-4/h5-12H,1-4H3/b14-11+. The molecule has 0 aromatic heterocycles. The third kappa shape index (κ3) is 3.55. The van der Waals surface area contributed by atoms with Crippen molar-refractivity contribution in [3.63, 3.8) is 0 Å². The smallest absolute Gasteiger partial charge is 0.330 e. The van der Waals surface area contributed by atoms with Gasteiger partial charge in [-0.1, -0.05) is 35.9 Å². The Labute approximate surface area is 131 Å².